The molecule has 0 saturated carbocycles. The second-order valence-corrected chi connectivity index (χ2v) is 5.76. The van der Waals surface area contributed by atoms with Crippen molar-refractivity contribution < 1.29 is 4.74 Å². The molecule has 0 aliphatic heterocycles. The highest BCUT2D eigenvalue weighted by Crippen LogP contribution is 2.29. The monoisotopic (exact) mass is 281 g/mol. The number of rotatable bonds is 4. The first-order valence-corrected chi connectivity index (χ1v) is 7.83. The molecule has 2 unspecified atom stereocenters. The molecule has 3 rings (SSSR count). The Balaban J connectivity index is 1.61. The molecule has 0 amide bonds. The molecule has 0 radical (unpaired) electrons. The van der Waals surface area contributed by atoms with Crippen molar-refractivity contribution in [2.75, 3.05) is 6.61 Å². The van der Waals surface area contributed by atoms with E-state index in [0.29, 0.717) is 0 Å². The van der Waals surface area contributed by atoms with E-state index in [2.05, 4.69) is 48.5 Å². The summed E-state index contributed by atoms with van der Waals surface area (Å²) >= 11 is 0. The van der Waals surface area contributed by atoms with Crippen molar-refractivity contribution >= 4 is 0 Å². The average Bonchev–Trinajstić information content (AvgIpc) is 2.69. The second-order valence-electron chi connectivity index (χ2n) is 5.76. The Hall–Kier alpha value is -1.64. The number of ether oxygens (including phenoxy) is 1. The molecule has 0 spiro atoms. The smallest absolute Gasteiger partial charge is 0.0768 e. The fraction of sp³-hybridized carbons (Fsp3) is 0.368. The molecule has 2 nitrogen and oxygen atoms in total. The summed E-state index contributed by atoms with van der Waals surface area (Å²) in [6.45, 7) is 0.741. The van der Waals surface area contributed by atoms with Crippen molar-refractivity contribution in [1.82, 2.24) is 0 Å². The summed E-state index contributed by atoms with van der Waals surface area (Å²) in [6.07, 6.45) is 4.40. The van der Waals surface area contributed by atoms with Gasteiger partial charge >= 0.3 is 0 Å². The molecule has 0 bridgehead atoms. The molecule has 2 aromatic carbocycles. The van der Waals surface area contributed by atoms with Gasteiger partial charge in [-0.25, -0.2) is 0 Å². The second kappa shape index (κ2) is 6.88. The van der Waals surface area contributed by atoms with Gasteiger partial charge in [-0.2, -0.15) is 0 Å². The summed E-state index contributed by atoms with van der Waals surface area (Å²) in [5.74, 6) is 0. The number of hydrogen-bond donors (Lipinski definition) is 1. The molecule has 0 aromatic heterocycles. The molecule has 1 aliphatic rings. The van der Waals surface area contributed by atoms with E-state index in [1.54, 1.807) is 0 Å². The highest BCUT2D eigenvalue weighted by Gasteiger charge is 2.24. The van der Waals surface area contributed by atoms with Crippen molar-refractivity contribution in [3.8, 4) is 0 Å². The third kappa shape index (κ3) is 3.52. The van der Waals surface area contributed by atoms with E-state index >= 15 is 0 Å². The third-order valence-corrected chi connectivity index (χ3v) is 4.31. The summed E-state index contributed by atoms with van der Waals surface area (Å²) in [4.78, 5) is 0. The molecule has 2 heteroatoms. The summed E-state index contributed by atoms with van der Waals surface area (Å²) in [5, 5.41) is 0. The standard InChI is InChI=1S/C19H23NO/c20-19-17-11-5-4-9-16(17)10-6-12-18(19)21-14-13-15-7-2-1-3-8-15/h1-5,7-9,11,18-19H,6,10,12-14,20H2. The van der Waals surface area contributed by atoms with Gasteiger partial charge in [-0.3, -0.25) is 0 Å². The van der Waals surface area contributed by atoms with Crippen LogP contribution in [-0.2, 0) is 17.6 Å². The minimum Gasteiger partial charge on any atom is -0.376 e. The van der Waals surface area contributed by atoms with Gasteiger partial charge < -0.3 is 10.5 Å². The Morgan fingerprint density at radius 2 is 1.76 bits per heavy atom. The minimum atomic E-state index is -0.000488. The fourth-order valence-corrected chi connectivity index (χ4v) is 3.12. The van der Waals surface area contributed by atoms with Gasteiger partial charge in [0.1, 0.15) is 0 Å². The molecule has 0 fully saturated rings. The predicted octanol–water partition coefficient (Wildman–Crippen LogP) is 3.65. The lowest BCUT2D eigenvalue weighted by Crippen LogP contribution is -2.29. The third-order valence-electron chi connectivity index (χ3n) is 4.31. The summed E-state index contributed by atoms with van der Waals surface area (Å²) < 4.78 is 6.11. The van der Waals surface area contributed by atoms with Gasteiger partial charge in [-0.05, 0) is 42.4 Å². The zero-order valence-corrected chi connectivity index (χ0v) is 12.4. The van der Waals surface area contributed by atoms with Gasteiger partial charge in [0.05, 0.1) is 18.8 Å². The van der Waals surface area contributed by atoms with Gasteiger partial charge in [0.2, 0.25) is 0 Å². The van der Waals surface area contributed by atoms with Crippen molar-refractivity contribution in [2.45, 2.75) is 37.8 Å². The predicted molar refractivity (Wildman–Crippen MR) is 86.2 cm³/mol. The van der Waals surface area contributed by atoms with Crippen LogP contribution < -0.4 is 5.73 Å². The van der Waals surface area contributed by atoms with Crippen molar-refractivity contribution in [3.05, 3.63) is 71.3 Å². The minimum absolute atomic E-state index is 0.000488. The Labute approximate surface area is 126 Å². The van der Waals surface area contributed by atoms with Crippen molar-refractivity contribution in [1.29, 1.82) is 0 Å². The van der Waals surface area contributed by atoms with Crippen LogP contribution in [0.3, 0.4) is 0 Å². The van der Waals surface area contributed by atoms with Crippen LogP contribution in [-0.4, -0.2) is 12.7 Å². The van der Waals surface area contributed by atoms with Crippen LogP contribution in [0.25, 0.3) is 0 Å². The van der Waals surface area contributed by atoms with Gasteiger partial charge in [0.25, 0.3) is 0 Å². The average molecular weight is 281 g/mol. The van der Waals surface area contributed by atoms with E-state index < -0.39 is 0 Å². The zero-order chi connectivity index (χ0) is 14.5. The Morgan fingerprint density at radius 1 is 1.00 bits per heavy atom. The number of nitrogens with two attached hydrogens (primary N) is 1. The topological polar surface area (TPSA) is 35.2 Å². The Morgan fingerprint density at radius 3 is 2.62 bits per heavy atom. The normalized spacial score (nSPS) is 21.6. The number of hydrogen-bond acceptors (Lipinski definition) is 2. The molecule has 110 valence electrons. The molecule has 2 atom stereocenters. The lowest BCUT2D eigenvalue weighted by atomic mass is 9.98. The molecule has 1 aliphatic carbocycles. The van der Waals surface area contributed by atoms with E-state index in [-0.39, 0.29) is 12.1 Å². The highest BCUT2D eigenvalue weighted by atomic mass is 16.5. The number of aryl methyl sites for hydroxylation is 1. The molecular weight excluding hydrogens is 258 g/mol. The van der Waals surface area contributed by atoms with E-state index in [0.717, 1.165) is 32.3 Å². The maximum absolute atomic E-state index is 6.45. The van der Waals surface area contributed by atoms with Crippen LogP contribution in [0, 0.1) is 0 Å². The lowest BCUT2D eigenvalue weighted by molar-refractivity contribution is 0.0319. The first kappa shape index (κ1) is 14.3. The van der Waals surface area contributed by atoms with Crippen LogP contribution in [0.15, 0.2) is 54.6 Å². The largest absolute Gasteiger partial charge is 0.376 e. The molecule has 21 heavy (non-hydrogen) atoms. The molecule has 2 aromatic rings. The van der Waals surface area contributed by atoms with Crippen LogP contribution in [0.4, 0.5) is 0 Å². The summed E-state index contributed by atoms with van der Waals surface area (Å²) in [6, 6.07) is 19.0. The fourth-order valence-electron chi connectivity index (χ4n) is 3.12. The first-order valence-electron chi connectivity index (χ1n) is 7.83. The maximum Gasteiger partial charge on any atom is 0.0768 e. The lowest BCUT2D eigenvalue weighted by Gasteiger charge is -2.23. The van der Waals surface area contributed by atoms with Crippen LogP contribution in [0.2, 0.25) is 0 Å². The number of fused-ring (bicyclic) bond motifs is 1. The van der Waals surface area contributed by atoms with E-state index in [4.69, 9.17) is 10.5 Å². The van der Waals surface area contributed by atoms with E-state index in [1.807, 2.05) is 6.07 Å². The Kier molecular flexibility index (Phi) is 4.69. The van der Waals surface area contributed by atoms with Crippen molar-refractivity contribution in [3.63, 3.8) is 0 Å². The zero-order valence-electron chi connectivity index (χ0n) is 12.4. The van der Waals surface area contributed by atoms with Crippen LogP contribution in [0.5, 0.6) is 0 Å². The van der Waals surface area contributed by atoms with Crippen LogP contribution in [0.1, 0.15) is 35.6 Å². The van der Waals surface area contributed by atoms with Gasteiger partial charge in [-0.15, -0.1) is 0 Å². The molecule has 0 saturated heterocycles. The highest BCUT2D eigenvalue weighted by molar-refractivity contribution is 5.31. The van der Waals surface area contributed by atoms with Gasteiger partial charge in [-0.1, -0.05) is 54.6 Å². The maximum atomic E-state index is 6.45. The number of benzene rings is 2. The first-order chi connectivity index (χ1) is 10.3. The SMILES string of the molecule is NC1c2ccccc2CCCC1OCCc1ccccc1. The quantitative estimate of drug-likeness (QED) is 0.868. The molecular formula is C19H23NO. The van der Waals surface area contributed by atoms with Gasteiger partial charge in [0, 0.05) is 0 Å². The Bertz CT molecular complexity index is 567. The summed E-state index contributed by atoms with van der Waals surface area (Å²) in [7, 11) is 0. The van der Waals surface area contributed by atoms with Gasteiger partial charge in [0.15, 0.2) is 0 Å². The van der Waals surface area contributed by atoms with E-state index in [9.17, 15) is 0 Å². The van der Waals surface area contributed by atoms with Crippen LogP contribution >= 0.6 is 0 Å². The molecule has 2 N–H and O–H groups in total. The van der Waals surface area contributed by atoms with Crippen molar-refractivity contribution in [2.24, 2.45) is 5.73 Å². The molecule has 0 heterocycles. The summed E-state index contributed by atoms with van der Waals surface area (Å²) in [5.41, 5.74) is 10.4. The van der Waals surface area contributed by atoms with E-state index in [1.165, 1.54) is 16.7 Å².